The number of nitrogens with one attached hydrogen (secondary N) is 1. The smallest absolute Gasteiger partial charge is 0.207 e. The molecule has 1 amide bonds. The van der Waals surface area contributed by atoms with Gasteiger partial charge in [0.1, 0.15) is 0 Å². The number of allylic oxidation sites excluding steroid dienone is 1. The van der Waals surface area contributed by atoms with Crippen LogP contribution in [0.3, 0.4) is 0 Å². The van der Waals surface area contributed by atoms with Crippen molar-refractivity contribution >= 4 is 6.41 Å². The zero-order valence-corrected chi connectivity index (χ0v) is 4.63. The lowest BCUT2D eigenvalue weighted by Crippen LogP contribution is -2.22. The van der Waals surface area contributed by atoms with Crippen LogP contribution in [0.25, 0.3) is 0 Å². The summed E-state index contributed by atoms with van der Waals surface area (Å²) in [5.74, 6) is 0. The largest absolute Gasteiger partial charge is 0.352 e. The molecule has 0 aromatic carbocycles. The molecule has 0 fully saturated rings. The number of hydrogen-bond donors (Lipinski definition) is 1. The molecule has 0 heterocycles. The van der Waals surface area contributed by atoms with Gasteiger partial charge in [-0.2, -0.15) is 0 Å². The summed E-state index contributed by atoms with van der Waals surface area (Å²) in [7, 11) is 0. The second-order valence-electron chi connectivity index (χ2n) is 1.90. The molecule has 2 nitrogen and oxygen atoms in total. The Labute approximate surface area is 48.6 Å². The molecule has 8 heavy (non-hydrogen) atoms. The van der Waals surface area contributed by atoms with Crippen LogP contribution < -0.4 is 5.32 Å². The number of rotatable bonds is 2. The Morgan fingerprint density at radius 1 is 1.75 bits per heavy atom. The van der Waals surface area contributed by atoms with Gasteiger partial charge in [0.25, 0.3) is 0 Å². The molecule has 0 bridgehead atoms. The first kappa shape index (κ1) is 5.35. The Kier molecular flexibility index (Phi) is 1.67. The molecular weight excluding hydrogens is 102 g/mol. The zero-order valence-electron chi connectivity index (χ0n) is 4.63. The minimum Gasteiger partial charge on any atom is -0.352 e. The van der Waals surface area contributed by atoms with Crippen molar-refractivity contribution in [3.8, 4) is 0 Å². The maximum absolute atomic E-state index is 9.82. The molecule has 0 saturated carbocycles. The first-order chi connectivity index (χ1) is 3.93. The molecule has 1 unspecified atom stereocenters. The molecule has 0 aromatic heterocycles. The summed E-state index contributed by atoms with van der Waals surface area (Å²) in [6.07, 6.45) is 7.03. The van der Waals surface area contributed by atoms with Gasteiger partial charge in [-0.25, -0.2) is 0 Å². The van der Waals surface area contributed by atoms with Crippen molar-refractivity contribution in [2.75, 3.05) is 0 Å². The Bertz CT molecular complexity index is 109. The summed E-state index contributed by atoms with van der Waals surface area (Å²) in [6, 6.07) is 0.312. The number of amides is 1. The fourth-order valence-electron chi connectivity index (χ4n) is 0.859. The third-order valence-electron chi connectivity index (χ3n) is 1.29. The summed E-state index contributed by atoms with van der Waals surface area (Å²) in [6.45, 7) is 0. The summed E-state index contributed by atoms with van der Waals surface area (Å²) >= 11 is 0. The molecule has 0 aliphatic heterocycles. The van der Waals surface area contributed by atoms with Crippen LogP contribution in [0.4, 0.5) is 0 Å². The SMILES string of the molecule is O=CNC1C=CCC1. The van der Waals surface area contributed by atoms with E-state index in [0.717, 1.165) is 19.3 Å². The highest BCUT2D eigenvalue weighted by Crippen LogP contribution is 2.07. The Morgan fingerprint density at radius 2 is 2.62 bits per heavy atom. The summed E-state index contributed by atoms with van der Waals surface area (Å²) in [5, 5.41) is 2.68. The molecule has 0 saturated heterocycles. The van der Waals surface area contributed by atoms with E-state index in [-0.39, 0.29) is 0 Å². The third kappa shape index (κ3) is 1.09. The summed E-state index contributed by atoms with van der Waals surface area (Å²) in [5.41, 5.74) is 0. The fourth-order valence-corrected chi connectivity index (χ4v) is 0.859. The van der Waals surface area contributed by atoms with Crippen molar-refractivity contribution in [1.82, 2.24) is 5.32 Å². The van der Waals surface area contributed by atoms with Gasteiger partial charge < -0.3 is 5.32 Å². The van der Waals surface area contributed by atoms with Crippen molar-refractivity contribution in [3.63, 3.8) is 0 Å². The minimum atomic E-state index is 0.312. The minimum absolute atomic E-state index is 0.312. The van der Waals surface area contributed by atoms with Crippen LogP contribution >= 0.6 is 0 Å². The maximum atomic E-state index is 9.82. The van der Waals surface area contributed by atoms with Crippen molar-refractivity contribution in [2.45, 2.75) is 18.9 Å². The first-order valence-electron chi connectivity index (χ1n) is 2.80. The van der Waals surface area contributed by atoms with E-state index >= 15 is 0 Å². The van der Waals surface area contributed by atoms with Crippen molar-refractivity contribution in [1.29, 1.82) is 0 Å². The van der Waals surface area contributed by atoms with E-state index in [1.165, 1.54) is 0 Å². The van der Waals surface area contributed by atoms with E-state index in [9.17, 15) is 4.79 Å². The van der Waals surface area contributed by atoms with Gasteiger partial charge in [0.05, 0.1) is 0 Å². The van der Waals surface area contributed by atoms with Gasteiger partial charge in [0.2, 0.25) is 6.41 Å². The first-order valence-corrected chi connectivity index (χ1v) is 2.80. The second kappa shape index (κ2) is 2.50. The standard InChI is InChI=1S/C6H9NO/c8-5-7-6-3-1-2-4-6/h1,3,5-6H,2,4H2,(H,7,8). The molecule has 1 aliphatic rings. The molecule has 0 radical (unpaired) electrons. The van der Waals surface area contributed by atoms with E-state index in [4.69, 9.17) is 0 Å². The molecule has 0 spiro atoms. The highest BCUT2D eigenvalue weighted by Gasteiger charge is 2.04. The van der Waals surface area contributed by atoms with Crippen LogP contribution in [0.2, 0.25) is 0 Å². The Balaban J connectivity index is 2.25. The van der Waals surface area contributed by atoms with E-state index in [0.29, 0.717) is 6.04 Å². The molecule has 1 atom stereocenters. The Hall–Kier alpha value is -0.790. The van der Waals surface area contributed by atoms with Gasteiger partial charge in [-0.1, -0.05) is 12.2 Å². The lowest BCUT2D eigenvalue weighted by atomic mass is 10.3. The third-order valence-corrected chi connectivity index (χ3v) is 1.29. The lowest BCUT2D eigenvalue weighted by molar-refractivity contribution is -0.109. The van der Waals surface area contributed by atoms with Crippen LogP contribution in [0, 0.1) is 0 Å². The molecular formula is C6H9NO. The predicted octanol–water partition coefficient (Wildman–Crippen LogP) is 0.451. The summed E-state index contributed by atoms with van der Waals surface area (Å²) in [4.78, 5) is 9.82. The van der Waals surface area contributed by atoms with E-state index in [1.54, 1.807) is 0 Å². The highest BCUT2D eigenvalue weighted by atomic mass is 16.1. The summed E-state index contributed by atoms with van der Waals surface area (Å²) < 4.78 is 0. The normalized spacial score (nSPS) is 25.8. The van der Waals surface area contributed by atoms with Crippen molar-refractivity contribution < 1.29 is 4.79 Å². The highest BCUT2D eigenvalue weighted by molar-refractivity contribution is 5.47. The van der Waals surface area contributed by atoms with Gasteiger partial charge >= 0.3 is 0 Å². The maximum Gasteiger partial charge on any atom is 0.207 e. The predicted molar refractivity (Wildman–Crippen MR) is 31.4 cm³/mol. The molecule has 1 N–H and O–H groups in total. The van der Waals surface area contributed by atoms with Crippen LogP contribution in [-0.4, -0.2) is 12.5 Å². The van der Waals surface area contributed by atoms with E-state index < -0.39 is 0 Å². The Morgan fingerprint density at radius 3 is 3.12 bits per heavy atom. The lowest BCUT2D eigenvalue weighted by Gasteiger charge is -2.01. The van der Waals surface area contributed by atoms with Crippen molar-refractivity contribution in [3.05, 3.63) is 12.2 Å². The quantitative estimate of drug-likeness (QED) is 0.407. The van der Waals surface area contributed by atoms with Gasteiger partial charge in [0.15, 0.2) is 0 Å². The molecule has 1 rings (SSSR count). The second-order valence-corrected chi connectivity index (χ2v) is 1.90. The van der Waals surface area contributed by atoms with Crippen LogP contribution in [-0.2, 0) is 4.79 Å². The monoisotopic (exact) mass is 111 g/mol. The van der Waals surface area contributed by atoms with E-state index in [1.807, 2.05) is 6.08 Å². The molecule has 0 aromatic rings. The number of carbonyl (C=O) groups excluding carboxylic acids is 1. The average Bonchev–Trinajstić information content (AvgIpc) is 2.19. The van der Waals surface area contributed by atoms with Gasteiger partial charge in [0, 0.05) is 6.04 Å². The van der Waals surface area contributed by atoms with Crippen LogP contribution in [0.1, 0.15) is 12.8 Å². The van der Waals surface area contributed by atoms with Crippen molar-refractivity contribution in [2.24, 2.45) is 0 Å². The van der Waals surface area contributed by atoms with Gasteiger partial charge in [-0.3, -0.25) is 4.79 Å². The average molecular weight is 111 g/mol. The molecule has 44 valence electrons. The number of carbonyl (C=O) groups is 1. The molecule has 2 heteroatoms. The van der Waals surface area contributed by atoms with Gasteiger partial charge in [-0.05, 0) is 12.8 Å². The van der Waals surface area contributed by atoms with E-state index in [2.05, 4.69) is 11.4 Å². The van der Waals surface area contributed by atoms with Gasteiger partial charge in [-0.15, -0.1) is 0 Å². The van der Waals surface area contributed by atoms with Crippen LogP contribution in [0.5, 0.6) is 0 Å². The molecule has 1 aliphatic carbocycles. The number of hydrogen-bond acceptors (Lipinski definition) is 1. The fraction of sp³-hybridized carbons (Fsp3) is 0.500. The topological polar surface area (TPSA) is 29.1 Å². The van der Waals surface area contributed by atoms with Crippen LogP contribution in [0.15, 0.2) is 12.2 Å². The zero-order chi connectivity index (χ0) is 5.82.